The predicted molar refractivity (Wildman–Crippen MR) is 101 cm³/mol. The van der Waals surface area contributed by atoms with Crippen molar-refractivity contribution in [3.8, 4) is 0 Å². The van der Waals surface area contributed by atoms with E-state index in [1.807, 2.05) is 20.8 Å². The summed E-state index contributed by atoms with van der Waals surface area (Å²) >= 11 is 8.87. The molecule has 0 aromatic heterocycles. The summed E-state index contributed by atoms with van der Waals surface area (Å²) in [4.78, 5) is 0. The van der Waals surface area contributed by atoms with Gasteiger partial charge in [0.05, 0.1) is 6.61 Å². The van der Waals surface area contributed by atoms with Crippen LogP contribution in [0.5, 0.6) is 0 Å². The van der Waals surface area contributed by atoms with Crippen LogP contribution in [0.4, 0.5) is 0 Å². The van der Waals surface area contributed by atoms with Gasteiger partial charge in [0, 0.05) is 25.4 Å². The molecule has 1 atom stereocenters. The van der Waals surface area contributed by atoms with Crippen molar-refractivity contribution in [2.24, 2.45) is 0 Å². The summed E-state index contributed by atoms with van der Waals surface area (Å²) in [7, 11) is -2.70. The van der Waals surface area contributed by atoms with Gasteiger partial charge in [0.1, 0.15) is 0 Å². The fourth-order valence-corrected chi connectivity index (χ4v) is 5.88. The molecule has 0 aliphatic heterocycles. The van der Waals surface area contributed by atoms with Crippen LogP contribution in [0.3, 0.4) is 0 Å². The topological polar surface area (TPSA) is 36.9 Å². The van der Waals surface area contributed by atoms with E-state index >= 15 is 0 Å². The lowest BCUT2D eigenvalue weighted by molar-refractivity contribution is 0.0563. The minimum atomic E-state index is -2.70. The van der Waals surface area contributed by atoms with Gasteiger partial charge in [-0.15, -0.1) is 0 Å². The molecule has 22 heavy (non-hydrogen) atoms. The average molecular weight is 369 g/mol. The molecule has 0 aromatic rings. The largest absolute Gasteiger partial charge is 0.504 e. The second kappa shape index (κ2) is 13.7. The molecule has 0 aliphatic rings. The molecule has 0 heterocycles. The molecule has 0 fully saturated rings. The van der Waals surface area contributed by atoms with E-state index in [1.165, 1.54) is 12.8 Å². The van der Waals surface area contributed by atoms with Crippen molar-refractivity contribution >= 4 is 38.0 Å². The first kappa shape index (κ1) is 22.3. The number of ether oxygens (including phenoxy) is 1. The summed E-state index contributed by atoms with van der Waals surface area (Å²) in [5.41, 5.74) is 0.238. The molecule has 0 N–H and O–H groups in total. The molecule has 132 valence electrons. The van der Waals surface area contributed by atoms with Gasteiger partial charge in [-0.05, 0) is 45.8 Å². The highest BCUT2D eigenvalue weighted by Crippen LogP contribution is 2.34. The Labute approximate surface area is 148 Å². The van der Waals surface area contributed by atoms with Crippen molar-refractivity contribution in [3.05, 3.63) is 0 Å². The van der Waals surface area contributed by atoms with Crippen LogP contribution in [0.1, 0.15) is 59.8 Å². The van der Waals surface area contributed by atoms with Crippen molar-refractivity contribution in [1.29, 1.82) is 0 Å². The molecule has 4 nitrogen and oxygen atoms in total. The second-order valence-corrected chi connectivity index (χ2v) is 8.97. The van der Waals surface area contributed by atoms with Gasteiger partial charge in [0.25, 0.3) is 0 Å². The Morgan fingerprint density at radius 2 is 1.50 bits per heavy atom. The number of hydrogen-bond donors (Lipinski definition) is 1. The lowest BCUT2D eigenvalue weighted by Crippen LogP contribution is -2.50. The molecule has 0 aromatic carbocycles. The van der Waals surface area contributed by atoms with Crippen molar-refractivity contribution in [1.82, 2.24) is 0 Å². The van der Waals surface area contributed by atoms with E-state index in [4.69, 9.17) is 30.2 Å². The lowest BCUT2D eigenvalue weighted by Gasteiger charge is -2.35. The zero-order valence-electron chi connectivity index (χ0n) is 14.4. The number of thiol groups is 1. The normalized spacial score (nSPS) is 13.1. The summed E-state index contributed by atoms with van der Waals surface area (Å²) in [6.45, 7) is 10.5. The quantitative estimate of drug-likeness (QED) is 0.210. The van der Waals surface area contributed by atoms with Crippen LogP contribution in [-0.4, -0.2) is 39.6 Å². The average Bonchev–Trinajstić information content (AvgIpc) is 2.46. The van der Waals surface area contributed by atoms with Gasteiger partial charge in [0.15, 0.2) is 0 Å². The molecule has 0 spiro atoms. The molecule has 1 unspecified atom stereocenters. The van der Waals surface area contributed by atoms with Crippen molar-refractivity contribution < 1.29 is 18.0 Å². The highest BCUT2D eigenvalue weighted by molar-refractivity contribution is 8.10. The van der Waals surface area contributed by atoms with E-state index in [9.17, 15) is 0 Å². The Morgan fingerprint density at radius 3 is 1.91 bits per heavy atom. The number of unbranched alkanes of at least 4 members (excludes halogenated alkanes) is 2. The fourth-order valence-electron chi connectivity index (χ4n) is 2.51. The summed E-state index contributed by atoms with van der Waals surface area (Å²) in [5, 5.41) is 0. The number of rotatable bonds is 14. The summed E-state index contributed by atoms with van der Waals surface area (Å²) in [5.74, 6) is 0. The van der Waals surface area contributed by atoms with Crippen LogP contribution in [0.2, 0.25) is 5.54 Å². The Hall–Kier alpha value is 0.337. The van der Waals surface area contributed by atoms with E-state index in [2.05, 4.69) is 19.6 Å². The van der Waals surface area contributed by atoms with Crippen molar-refractivity contribution in [3.63, 3.8) is 0 Å². The highest BCUT2D eigenvalue weighted by atomic mass is 32.1. The van der Waals surface area contributed by atoms with Crippen LogP contribution in [0, 0.1) is 0 Å². The number of hydrogen-bond acceptors (Lipinski definition) is 5. The van der Waals surface area contributed by atoms with E-state index in [0.29, 0.717) is 26.4 Å². The van der Waals surface area contributed by atoms with Crippen LogP contribution >= 0.6 is 24.8 Å². The number of thiocarbonyl (C=S) groups is 1. The molecule has 0 rings (SSSR count). The molecule has 0 saturated carbocycles. The summed E-state index contributed by atoms with van der Waals surface area (Å²) in [6, 6.07) is 0. The highest BCUT2D eigenvalue weighted by Gasteiger charge is 2.48. The minimum Gasteiger partial charge on any atom is -0.479 e. The van der Waals surface area contributed by atoms with Gasteiger partial charge in [-0.1, -0.05) is 38.8 Å². The van der Waals surface area contributed by atoms with Gasteiger partial charge < -0.3 is 18.0 Å². The Kier molecular flexibility index (Phi) is 14.0. The van der Waals surface area contributed by atoms with Crippen molar-refractivity contribution in [2.45, 2.75) is 65.3 Å². The first-order valence-corrected chi connectivity index (χ1v) is 11.0. The molecule has 0 radical (unpaired) electrons. The molecular formula is C15H32O4S2Si. The summed E-state index contributed by atoms with van der Waals surface area (Å²) < 4.78 is 23.8. The van der Waals surface area contributed by atoms with Crippen LogP contribution in [-0.2, 0) is 18.0 Å². The first-order chi connectivity index (χ1) is 10.6. The summed E-state index contributed by atoms with van der Waals surface area (Å²) in [6.07, 6.45) is 5.39. The first-order valence-electron chi connectivity index (χ1n) is 8.33. The Balaban J connectivity index is 4.98. The molecular weight excluding hydrogens is 336 g/mol. The Morgan fingerprint density at radius 1 is 0.955 bits per heavy atom. The zero-order chi connectivity index (χ0) is 16.8. The molecule has 0 aliphatic carbocycles. The van der Waals surface area contributed by atoms with Gasteiger partial charge in [-0.3, -0.25) is 0 Å². The predicted octanol–water partition coefficient (Wildman–Crippen LogP) is 4.61. The smallest absolute Gasteiger partial charge is 0.479 e. The fraction of sp³-hybridized carbons (Fsp3) is 0.933. The molecule has 0 saturated heterocycles. The van der Waals surface area contributed by atoms with Gasteiger partial charge in [-0.25, -0.2) is 0 Å². The lowest BCUT2D eigenvalue weighted by atomic mass is 10.1. The third-order valence-electron chi connectivity index (χ3n) is 3.38. The van der Waals surface area contributed by atoms with E-state index < -0.39 is 8.80 Å². The maximum absolute atomic E-state index is 6.05. The standard InChI is InChI=1S/C15H32O4S2Si/c1-5-9-10-11-14(12-13-16-15(20)21)22(17-6-2,18-7-3)19-8-4/h14H,5-13H2,1-4H3,(H,20,21). The molecule has 0 bridgehead atoms. The second-order valence-electron chi connectivity index (χ2n) is 5.00. The third-order valence-corrected chi connectivity index (χ3v) is 7.28. The van der Waals surface area contributed by atoms with Crippen molar-refractivity contribution in [2.75, 3.05) is 26.4 Å². The van der Waals surface area contributed by atoms with Gasteiger partial charge in [0.2, 0.25) is 4.38 Å². The van der Waals surface area contributed by atoms with Crippen LogP contribution in [0.25, 0.3) is 0 Å². The molecule has 7 heteroatoms. The van der Waals surface area contributed by atoms with E-state index in [0.717, 1.165) is 19.3 Å². The van der Waals surface area contributed by atoms with Crippen LogP contribution < -0.4 is 0 Å². The minimum absolute atomic E-state index is 0.238. The maximum Gasteiger partial charge on any atom is 0.504 e. The maximum atomic E-state index is 6.05. The van der Waals surface area contributed by atoms with E-state index in [1.54, 1.807) is 0 Å². The molecule has 0 amide bonds. The monoisotopic (exact) mass is 368 g/mol. The van der Waals surface area contributed by atoms with Crippen LogP contribution in [0.15, 0.2) is 0 Å². The Bertz CT molecular complexity index is 276. The van der Waals surface area contributed by atoms with Gasteiger partial charge >= 0.3 is 8.80 Å². The van der Waals surface area contributed by atoms with Gasteiger partial charge in [-0.2, -0.15) is 0 Å². The zero-order valence-corrected chi connectivity index (χ0v) is 17.1. The SMILES string of the molecule is CCCCCC(CCOC(=S)S)[Si](OCC)(OCC)OCC. The van der Waals surface area contributed by atoms with E-state index in [-0.39, 0.29) is 9.92 Å². The third kappa shape index (κ3) is 8.84.